The van der Waals surface area contributed by atoms with Crippen LogP contribution >= 0.6 is 0 Å². The van der Waals surface area contributed by atoms with E-state index in [1.807, 2.05) is 11.0 Å². The van der Waals surface area contributed by atoms with Crippen molar-refractivity contribution in [2.45, 2.75) is 25.4 Å². The molecule has 0 aliphatic heterocycles. The van der Waals surface area contributed by atoms with Gasteiger partial charge in [0.05, 0.1) is 11.5 Å². The fourth-order valence-corrected chi connectivity index (χ4v) is 2.20. The van der Waals surface area contributed by atoms with Crippen molar-refractivity contribution >= 4 is 11.6 Å². The zero-order chi connectivity index (χ0) is 13.9. The number of anilines is 1. The van der Waals surface area contributed by atoms with Crippen molar-refractivity contribution in [3.8, 4) is 0 Å². The monoisotopic (exact) mass is 270 g/mol. The molecule has 1 aromatic heterocycles. The lowest BCUT2D eigenvalue weighted by molar-refractivity contribution is -0.385. The lowest BCUT2D eigenvalue weighted by atomic mass is 10.1. The first-order chi connectivity index (χ1) is 9.75. The number of rotatable bonds is 5. The summed E-state index contributed by atoms with van der Waals surface area (Å²) in [6.07, 6.45) is 5.55. The molecule has 20 heavy (non-hydrogen) atoms. The van der Waals surface area contributed by atoms with E-state index < -0.39 is 0 Å². The summed E-state index contributed by atoms with van der Waals surface area (Å²) in [6.45, 7) is 0.464. The summed E-state index contributed by atoms with van der Waals surface area (Å²) in [4.78, 5) is 21.3. The van der Waals surface area contributed by atoms with E-state index in [9.17, 15) is 10.1 Å². The second-order valence-electron chi connectivity index (χ2n) is 4.79. The lowest BCUT2D eigenvalue weighted by Gasteiger charge is -2.21. The van der Waals surface area contributed by atoms with Crippen LogP contribution in [0.25, 0.3) is 0 Å². The minimum atomic E-state index is -0.341. The van der Waals surface area contributed by atoms with Crippen LogP contribution in [0.15, 0.2) is 42.7 Å². The molecule has 0 amide bonds. The van der Waals surface area contributed by atoms with E-state index in [0.29, 0.717) is 24.1 Å². The molecule has 0 bridgehead atoms. The molecule has 1 fully saturated rings. The van der Waals surface area contributed by atoms with E-state index in [-0.39, 0.29) is 10.6 Å². The average Bonchev–Trinajstić information content (AvgIpc) is 3.30. The van der Waals surface area contributed by atoms with Crippen LogP contribution in [-0.2, 0) is 6.54 Å². The highest BCUT2D eigenvalue weighted by atomic mass is 16.6. The summed E-state index contributed by atoms with van der Waals surface area (Å²) in [7, 11) is 0. The number of nitro groups is 1. The quantitative estimate of drug-likeness (QED) is 0.616. The van der Waals surface area contributed by atoms with Gasteiger partial charge in [-0.15, -0.1) is 0 Å². The van der Waals surface area contributed by atoms with Crippen molar-refractivity contribution in [2.24, 2.45) is 0 Å². The minimum absolute atomic E-state index is 0.147. The Balaban J connectivity index is 1.90. The molecule has 2 aromatic rings. The predicted octanol–water partition coefficient (Wildman–Crippen LogP) is 2.55. The Morgan fingerprint density at radius 2 is 1.90 bits per heavy atom. The van der Waals surface area contributed by atoms with Crippen LogP contribution in [0.4, 0.5) is 11.6 Å². The Morgan fingerprint density at radius 1 is 1.20 bits per heavy atom. The molecule has 0 spiro atoms. The van der Waals surface area contributed by atoms with Crippen LogP contribution in [0.1, 0.15) is 18.4 Å². The first kappa shape index (κ1) is 12.5. The summed E-state index contributed by atoms with van der Waals surface area (Å²) >= 11 is 0. The largest absolute Gasteiger partial charge is 0.333 e. The number of aromatic nitrogens is 2. The zero-order valence-corrected chi connectivity index (χ0v) is 10.8. The van der Waals surface area contributed by atoms with E-state index in [1.54, 1.807) is 30.6 Å². The van der Waals surface area contributed by atoms with E-state index in [0.717, 1.165) is 12.8 Å². The SMILES string of the molecule is O=[N+]([O-])c1ccccc1CN(c1ncccn1)C1CC1. The van der Waals surface area contributed by atoms with Gasteiger partial charge >= 0.3 is 0 Å². The fraction of sp³-hybridized carbons (Fsp3) is 0.286. The van der Waals surface area contributed by atoms with Gasteiger partial charge in [-0.3, -0.25) is 10.1 Å². The Morgan fingerprint density at radius 3 is 2.55 bits per heavy atom. The van der Waals surface area contributed by atoms with E-state index in [1.165, 1.54) is 6.07 Å². The Kier molecular flexibility index (Phi) is 3.28. The second-order valence-corrected chi connectivity index (χ2v) is 4.79. The number of nitro benzene ring substituents is 1. The molecule has 1 aromatic carbocycles. The van der Waals surface area contributed by atoms with Crippen molar-refractivity contribution in [3.63, 3.8) is 0 Å². The molecule has 6 heteroatoms. The first-order valence-electron chi connectivity index (χ1n) is 6.51. The molecule has 0 unspecified atom stereocenters. The van der Waals surface area contributed by atoms with Gasteiger partial charge in [0.1, 0.15) is 0 Å². The van der Waals surface area contributed by atoms with Gasteiger partial charge in [-0.1, -0.05) is 18.2 Å². The number of nitrogens with zero attached hydrogens (tertiary/aromatic N) is 4. The molecule has 3 rings (SSSR count). The van der Waals surface area contributed by atoms with Crippen LogP contribution in [0.5, 0.6) is 0 Å². The number of hydrogen-bond acceptors (Lipinski definition) is 5. The fourth-order valence-electron chi connectivity index (χ4n) is 2.20. The van der Waals surface area contributed by atoms with Gasteiger partial charge in [0, 0.05) is 30.1 Å². The summed E-state index contributed by atoms with van der Waals surface area (Å²) in [5, 5.41) is 11.1. The maximum Gasteiger partial charge on any atom is 0.274 e. The third-order valence-electron chi connectivity index (χ3n) is 3.33. The Bertz CT molecular complexity index is 614. The van der Waals surface area contributed by atoms with Gasteiger partial charge in [0.15, 0.2) is 0 Å². The van der Waals surface area contributed by atoms with Crippen LogP contribution in [-0.4, -0.2) is 20.9 Å². The summed E-state index contributed by atoms with van der Waals surface area (Å²) in [6, 6.07) is 8.97. The van der Waals surface area contributed by atoms with Crippen molar-refractivity contribution in [2.75, 3.05) is 4.90 Å². The van der Waals surface area contributed by atoms with Gasteiger partial charge in [0.2, 0.25) is 5.95 Å². The van der Waals surface area contributed by atoms with Crippen LogP contribution in [0, 0.1) is 10.1 Å². The second kappa shape index (κ2) is 5.24. The predicted molar refractivity (Wildman–Crippen MR) is 74.3 cm³/mol. The molecule has 0 atom stereocenters. The van der Waals surface area contributed by atoms with Gasteiger partial charge in [0.25, 0.3) is 5.69 Å². The summed E-state index contributed by atoms with van der Waals surface area (Å²) < 4.78 is 0. The Hall–Kier alpha value is -2.50. The van der Waals surface area contributed by atoms with E-state index in [4.69, 9.17) is 0 Å². The Labute approximate surface area is 116 Å². The van der Waals surface area contributed by atoms with Crippen molar-refractivity contribution in [1.82, 2.24) is 9.97 Å². The van der Waals surface area contributed by atoms with Crippen LogP contribution in [0.2, 0.25) is 0 Å². The van der Waals surface area contributed by atoms with Gasteiger partial charge < -0.3 is 4.90 Å². The summed E-state index contributed by atoms with van der Waals surface area (Å²) in [5.74, 6) is 0.633. The topological polar surface area (TPSA) is 72.2 Å². The van der Waals surface area contributed by atoms with Crippen molar-refractivity contribution < 1.29 is 4.92 Å². The molecule has 1 aliphatic carbocycles. The maximum absolute atomic E-state index is 11.1. The van der Waals surface area contributed by atoms with Gasteiger partial charge in [-0.25, -0.2) is 9.97 Å². The third kappa shape index (κ3) is 2.59. The maximum atomic E-state index is 11.1. The number of benzene rings is 1. The van der Waals surface area contributed by atoms with E-state index >= 15 is 0 Å². The van der Waals surface area contributed by atoms with Gasteiger partial charge in [-0.2, -0.15) is 0 Å². The molecular formula is C14H14N4O2. The van der Waals surface area contributed by atoms with Crippen molar-refractivity contribution in [1.29, 1.82) is 0 Å². The molecule has 1 heterocycles. The molecule has 1 aliphatic rings. The van der Waals surface area contributed by atoms with Gasteiger partial charge in [-0.05, 0) is 18.9 Å². The third-order valence-corrected chi connectivity index (χ3v) is 3.33. The smallest absolute Gasteiger partial charge is 0.274 e. The normalized spacial score (nSPS) is 14.0. The highest BCUT2D eigenvalue weighted by Gasteiger charge is 2.32. The van der Waals surface area contributed by atoms with Crippen molar-refractivity contribution in [3.05, 3.63) is 58.4 Å². The number of para-hydroxylation sites is 1. The molecule has 102 valence electrons. The highest BCUT2D eigenvalue weighted by molar-refractivity contribution is 5.44. The molecule has 6 nitrogen and oxygen atoms in total. The van der Waals surface area contributed by atoms with Crippen LogP contribution < -0.4 is 4.90 Å². The summed E-state index contributed by atoms with van der Waals surface area (Å²) in [5.41, 5.74) is 0.839. The lowest BCUT2D eigenvalue weighted by Crippen LogP contribution is -2.27. The van der Waals surface area contributed by atoms with E-state index in [2.05, 4.69) is 9.97 Å². The average molecular weight is 270 g/mol. The molecule has 1 saturated carbocycles. The molecule has 0 saturated heterocycles. The number of hydrogen-bond donors (Lipinski definition) is 0. The minimum Gasteiger partial charge on any atom is -0.333 e. The molecule has 0 radical (unpaired) electrons. The molecular weight excluding hydrogens is 256 g/mol. The molecule has 0 N–H and O–H groups in total. The first-order valence-corrected chi connectivity index (χ1v) is 6.51. The zero-order valence-electron chi connectivity index (χ0n) is 10.8. The van der Waals surface area contributed by atoms with Crippen LogP contribution in [0.3, 0.4) is 0 Å². The standard InChI is InChI=1S/C14H14N4O2/c19-18(20)13-5-2-1-4-11(13)10-17(12-6-7-12)14-15-8-3-9-16-14/h1-5,8-9,12H,6-7,10H2. The highest BCUT2D eigenvalue weighted by Crippen LogP contribution is 2.32.